The molecule has 0 aliphatic heterocycles. The maximum absolute atomic E-state index is 9.44. The van der Waals surface area contributed by atoms with Crippen LogP contribution in [-0.2, 0) is 4.74 Å². The molecule has 0 radical (unpaired) electrons. The molecular weight excluding hydrogens is 198 g/mol. The van der Waals surface area contributed by atoms with Gasteiger partial charge in [0.1, 0.15) is 6.61 Å². The van der Waals surface area contributed by atoms with Crippen LogP contribution in [-0.4, -0.2) is 40.0 Å². The first-order valence-electron chi connectivity index (χ1n) is 4.47. The molecule has 2 rings (SSSR count). The fourth-order valence-corrected chi connectivity index (χ4v) is 1.16. The highest BCUT2D eigenvalue weighted by molar-refractivity contribution is 5.43. The Labute approximate surface area is 86.1 Å². The lowest BCUT2D eigenvalue weighted by Gasteiger charge is -1.99. The quantitative estimate of drug-likeness (QED) is 0.741. The molecule has 2 aromatic heterocycles. The topological polar surface area (TPSA) is 68.9 Å². The highest BCUT2D eigenvalue weighted by atomic mass is 16.5. The summed E-state index contributed by atoms with van der Waals surface area (Å²) in [6.45, 7) is 0.911. The van der Waals surface area contributed by atoms with Crippen molar-refractivity contribution in [2.24, 2.45) is 0 Å². The summed E-state index contributed by atoms with van der Waals surface area (Å²) in [7, 11) is 1.60. The lowest BCUT2D eigenvalue weighted by atomic mass is 10.6. The van der Waals surface area contributed by atoms with Crippen LogP contribution < -0.4 is 4.74 Å². The van der Waals surface area contributed by atoms with E-state index in [1.807, 2.05) is 0 Å². The van der Waals surface area contributed by atoms with Crippen LogP contribution in [0.5, 0.6) is 11.8 Å². The molecule has 0 aliphatic carbocycles. The summed E-state index contributed by atoms with van der Waals surface area (Å²) in [6, 6.07) is 3.11. The number of nitrogens with zero attached hydrogens (tertiary/aromatic N) is 3. The maximum Gasteiger partial charge on any atom is 0.235 e. The van der Waals surface area contributed by atoms with Crippen LogP contribution in [0.4, 0.5) is 0 Å². The van der Waals surface area contributed by atoms with Gasteiger partial charge in [0, 0.05) is 25.4 Å². The van der Waals surface area contributed by atoms with Crippen LogP contribution in [0.1, 0.15) is 0 Å². The average Bonchev–Trinajstić information content (AvgIpc) is 2.63. The van der Waals surface area contributed by atoms with Crippen LogP contribution in [0.3, 0.4) is 0 Å². The number of aromatic hydroxyl groups is 1. The highest BCUT2D eigenvalue weighted by Crippen LogP contribution is 2.15. The molecule has 0 bridgehead atoms. The number of fused-ring (bicyclic) bond motifs is 1. The van der Waals surface area contributed by atoms with Crippen LogP contribution in [0, 0.1) is 0 Å². The van der Waals surface area contributed by atoms with E-state index in [-0.39, 0.29) is 5.88 Å². The van der Waals surface area contributed by atoms with Gasteiger partial charge in [-0.3, -0.25) is 0 Å². The molecule has 0 fully saturated rings. The molecule has 0 saturated carbocycles. The Morgan fingerprint density at radius 3 is 3.07 bits per heavy atom. The molecule has 6 nitrogen and oxygen atoms in total. The summed E-state index contributed by atoms with van der Waals surface area (Å²) in [6.07, 6.45) is 1.51. The molecule has 0 amide bonds. The molecule has 2 heterocycles. The van der Waals surface area contributed by atoms with Gasteiger partial charge in [-0.15, -0.1) is 5.10 Å². The smallest absolute Gasteiger partial charge is 0.235 e. The number of rotatable bonds is 4. The summed E-state index contributed by atoms with van der Waals surface area (Å²) in [5.74, 6) is 0.447. The summed E-state index contributed by atoms with van der Waals surface area (Å²) in [4.78, 5) is 4.02. The molecule has 15 heavy (non-hydrogen) atoms. The third kappa shape index (κ3) is 1.99. The van der Waals surface area contributed by atoms with E-state index < -0.39 is 0 Å². The van der Waals surface area contributed by atoms with Crippen molar-refractivity contribution in [3.8, 4) is 11.8 Å². The summed E-state index contributed by atoms with van der Waals surface area (Å²) < 4.78 is 11.4. The molecule has 0 aromatic carbocycles. The molecule has 0 aliphatic rings. The zero-order valence-electron chi connectivity index (χ0n) is 8.25. The molecule has 1 N–H and O–H groups in total. The Bertz CT molecular complexity index is 455. The lowest BCUT2D eigenvalue weighted by molar-refractivity contribution is 0.143. The fourth-order valence-electron chi connectivity index (χ4n) is 1.16. The van der Waals surface area contributed by atoms with Crippen molar-refractivity contribution in [3.05, 3.63) is 18.3 Å². The van der Waals surface area contributed by atoms with E-state index in [1.165, 1.54) is 16.8 Å². The minimum Gasteiger partial charge on any atom is -0.493 e. The van der Waals surface area contributed by atoms with E-state index in [2.05, 4.69) is 10.1 Å². The predicted molar refractivity (Wildman–Crippen MR) is 52.0 cm³/mol. The summed E-state index contributed by atoms with van der Waals surface area (Å²) in [5, 5.41) is 13.4. The summed E-state index contributed by atoms with van der Waals surface area (Å²) in [5.41, 5.74) is 0.544. The van der Waals surface area contributed by atoms with Crippen LogP contribution in [0.15, 0.2) is 18.3 Å². The van der Waals surface area contributed by atoms with E-state index in [4.69, 9.17) is 9.47 Å². The largest absolute Gasteiger partial charge is 0.493 e. The van der Waals surface area contributed by atoms with Crippen molar-refractivity contribution < 1.29 is 14.6 Å². The number of methoxy groups -OCH3 is 1. The van der Waals surface area contributed by atoms with Gasteiger partial charge in [0.15, 0.2) is 5.65 Å². The fraction of sp³-hybridized carbons (Fsp3) is 0.333. The van der Waals surface area contributed by atoms with Gasteiger partial charge in [0.25, 0.3) is 0 Å². The van der Waals surface area contributed by atoms with Crippen LogP contribution in [0.25, 0.3) is 5.65 Å². The first kappa shape index (κ1) is 9.72. The van der Waals surface area contributed by atoms with Gasteiger partial charge in [-0.05, 0) is 0 Å². The Hall–Kier alpha value is -1.82. The second-order valence-corrected chi connectivity index (χ2v) is 2.90. The standard InChI is InChI=1S/C9H11N3O3/c1-14-4-5-15-8-6-7-10-3-2-9(13)12(7)11-8/h2-3,6,13H,4-5H2,1H3. The van der Waals surface area contributed by atoms with Gasteiger partial charge in [0.05, 0.1) is 6.61 Å². The van der Waals surface area contributed by atoms with E-state index >= 15 is 0 Å². The van der Waals surface area contributed by atoms with Gasteiger partial charge in [0.2, 0.25) is 11.8 Å². The second kappa shape index (κ2) is 4.14. The van der Waals surface area contributed by atoms with Crippen molar-refractivity contribution in [2.45, 2.75) is 0 Å². The number of hydrogen-bond acceptors (Lipinski definition) is 5. The van der Waals surface area contributed by atoms with Crippen molar-refractivity contribution in [3.63, 3.8) is 0 Å². The van der Waals surface area contributed by atoms with Crippen molar-refractivity contribution >= 4 is 5.65 Å². The third-order valence-corrected chi connectivity index (χ3v) is 1.85. The number of hydrogen-bond donors (Lipinski definition) is 1. The van der Waals surface area contributed by atoms with Gasteiger partial charge >= 0.3 is 0 Å². The summed E-state index contributed by atoms with van der Waals surface area (Å²) >= 11 is 0. The molecule has 80 valence electrons. The monoisotopic (exact) mass is 209 g/mol. The molecule has 0 saturated heterocycles. The minimum atomic E-state index is 0.0293. The molecule has 0 spiro atoms. The van der Waals surface area contributed by atoms with E-state index in [1.54, 1.807) is 13.2 Å². The lowest BCUT2D eigenvalue weighted by Crippen LogP contribution is -2.04. The maximum atomic E-state index is 9.44. The van der Waals surface area contributed by atoms with E-state index in [0.29, 0.717) is 24.7 Å². The first-order valence-corrected chi connectivity index (χ1v) is 4.47. The van der Waals surface area contributed by atoms with Crippen LogP contribution in [0.2, 0.25) is 0 Å². The van der Waals surface area contributed by atoms with Crippen LogP contribution >= 0.6 is 0 Å². The van der Waals surface area contributed by atoms with E-state index in [9.17, 15) is 5.11 Å². The Morgan fingerprint density at radius 1 is 1.47 bits per heavy atom. The Morgan fingerprint density at radius 2 is 2.33 bits per heavy atom. The highest BCUT2D eigenvalue weighted by Gasteiger charge is 2.05. The Kier molecular flexibility index (Phi) is 2.68. The zero-order chi connectivity index (χ0) is 10.7. The SMILES string of the molecule is COCCOc1cc2nccc(O)n2n1. The normalized spacial score (nSPS) is 10.7. The Balaban J connectivity index is 2.20. The van der Waals surface area contributed by atoms with Gasteiger partial charge < -0.3 is 14.6 Å². The van der Waals surface area contributed by atoms with Crippen molar-refractivity contribution in [2.75, 3.05) is 20.3 Å². The molecule has 0 atom stereocenters. The molecule has 0 unspecified atom stereocenters. The minimum absolute atomic E-state index is 0.0293. The first-order chi connectivity index (χ1) is 7.31. The average molecular weight is 209 g/mol. The molecule has 6 heteroatoms. The molecule has 2 aromatic rings. The van der Waals surface area contributed by atoms with E-state index in [0.717, 1.165) is 0 Å². The third-order valence-electron chi connectivity index (χ3n) is 1.85. The molecular formula is C9H11N3O3. The second-order valence-electron chi connectivity index (χ2n) is 2.90. The van der Waals surface area contributed by atoms with Gasteiger partial charge in [-0.1, -0.05) is 0 Å². The van der Waals surface area contributed by atoms with Gasteiger partial charge in [-0.25, -0.2) is 4.98 Å². The van der Waals surface area contributed by atoms with Crippen molar-refractivity contribution in [1.29, 1.82) is 0 Å². The zero-order valence-corrected chi connectivity index (χ0v) is 8.25. The van der Waals surface area contributed by atoms with Crippen molar-refractivity contribution in [1.82, 2.24) is 14.6 Å². The predicted octanol–water partition coefficient (Wildman–Crippen LogP) is 0.460. The number of aromatic nitrogens is 3. The number of ether oxygens (including phenoxy) is 2. The van der Waals surface area contributed by atoms with Gasteiger partial charge in [-0.2, -0.15) is 4.52 Å².